The third kappa shape index (κ3) is 2.47. The van der Waals surface area contributed by atoms with Gasteiger partial charge in [-0.3, -0.25) is 4.79 Å². The summed E-state index contributed by atoms with van der Waals surface area (Å²) in [7, 11) is 0. The molecule has 19 heavy (non-hydrogen) atoms. The number of hydrogen-bond acceptors (Lipinski definition) is 4. The molecule has 1 saturated heterocycles. The lowest BCUT2D eigenvalue weighted by molar-refractivity contribution is -0.140. The quantitative estimate of drug-likeness (QED) is 0.727. The second-order valence-electron chi connectivity index (χ2n) is 4.69. The average Bonchev–Trinajstić information content (AvgIpc) is 2.47. The Morgan fingerprint density at radius 3 is 2.79 bits per heavy atom. The van der Waals surface area contributed by atoms with Gasteiger partial charge in [-0.1, -0.05) is 18.2 Å². The molecule has 0 radical (unpaired) electrons. The zero-order valence-electron chi connectivity index (χ0n) is 10.5. The Morgan fingerprint density at radius 1 is 1.26 bits per heavy atom. The molecule has 0 unspecified atom stereocenters. The lowest BCUT2D eigenvalue weighted by Crippen LogP contribution is -2.47. The molecule has 4 nitrogen and oxygen atoms in total. The van der Waals surface area contributed by atoms with Crippen molar-refractivity contribution < 1.29 is 14.3 Å². The number of carbonyl (C=O) groups is 2. The number of benzene rings is 1. The normalized spacial score (nSPS) is 22.6. The maximum Gasteiger partial charge on any atom is 0.339 e. The smallest absolute Gasteiger partial charge is 0.339 e. The number of fused-ring (bicyclic) bond motifs is 1. The van der Waals surface area contributed by atoms with Crippen LogP contribution in [-0.4, -0.2) is 47.5 Å². The Labute approximate surface area is 116 Å². The van der Waals surface area contributed by atoms with E-state index in [-0.39, 0.29) is 11.9 Å². The van der Waals surface area contributed by atoms with Crippen molar-refractivity contribution in [2.75, 3.05) is 24.6 Å². The first-order chi connectivity index (χ1) is 9.25. The van der Waals surface area contributed by atoms with Gasteiger partial charge in [-0.2, -0.15) is 11.8 Å². The van der Waals surface area contributed by atoms with Crippen LogP contribution in [0.3, 0.4) is 0 Å². The highest BCUT2D eigenvalue weighted by Crippen LogP contribution is 2.22. The fraction of sp³-hybridized carbons (Fsp3) is 0.429. The molecule has 1 atom stereocenters. The number of cyclic esters (lactones) is 1. The van der Waals surface area contributed by atoms with Crippen molar-refractivity contribution in [3.05, 3.63) is 35.4 Å². The predicted octanol–water partition coefficient (Wildman–Crippen LogP) is 1.34. The summed E-state index contributed by atoms with van der Waals surface area (Å²) >= 11 is 1.85. The van der Waals surface area contributed by atoms with Crippen molar-refractivity contribution in [1.82, 2.24) is 4.90 Å². The lowest BCUT2D eigenvalue weighted by Gasteiger charge is -2.31. The highest BCUT2D eigenvalue weighted by Gasteiger charge is 2.34. The van der Waals surface area contributed by atoms with Crippen LogP contribution in [0.15, 0.2) is 24.3 Å². The Bertz CT molecular complexity index is 511. The first-order valence-electron chi connectivity index (χ1n) is 6.41. The van der Waals surface area contributed by atoms with Gasteiger partial charge in [0.05, 0.1) is 5.56 Å². The van der Waals surface area contributed by atoms with Crippen LogP contribution in [0.25, 0.3) is 0 Å². The molecule has 100 valence electrons. The molecule has 0 bridgehead atoms. The van der Waals surface area contributed by atoms with Crippen molar-refractivity contribution in [2.24, 2.45) is 0 Å². The first kappa shape index (κ1) is 12.5. The summed E-state index contributed by atoms with van der Waals surface area (Å²) in [6.07, 6.45) is -0.157. The summed E-state index contributed by atoms with van der Waals surface area (Å²) in [5.74, 6) is 1.49. The van der Waals surface area contributed by atoms with Crippen LogP contribution in [0.5, 0.6) is 0 Å². The number of ether oxygens (including phenoxy) is 1. The third-order valence-corrected chi connectivity index (χ3v) is 4.43. The number of rotatable bonds is 1. The minimum absolute atomic E-state index is 0.0526. The van der Waals surface area contributed by atoms with E-state index in [4.69, 9.17) is 4.74 Å². The summed E-state index contributed by atoms with van der Waals surface area (Å²) in [6, 6.07) is 7.33. The van der Waals surface area contributed by atoms with Crippen LogP contribution in [0.2, 0.25) is 0 Å². The van der Waals surface area contributed by atoms with Gasteiger partial charge in [0.1, 0.15) is 0 Å². The SMILES string of the molecule is O=C1O[C@H](C(=O)N2CCSCC2)Cc2ccccc21. The molecule has 0 spiro atoms. The lowest BCUT2D eigenvalue weighted by atomic mass is 9.98. The predicted molar refractivity (Wildman–Crippen MR) is 73.3 cm³/mol. The molecule has 0 saturated carbocycles. The zero-order valence-corrected chi connectivity index (χ0v) is 11.3. The minimum atomic E-state index is -0.648. The Hall–Kier alpha value is -1.49. The molecular formula is C14H15NO3S. The minimum Gasteiger partial charge on any atom is -0.448 e. The van der Waals surface area contributed by atoms with Crippen molar-refractivity contribution in [2.45, 2.75) is 12.5 Å². The van der Waals surface area contributed by atoms with Gasteiger partial charge >= 0.3 is 5.97 Å². The Kier molecular flexibility index (Phi) is 3.46. The van der Waals surface area contributed by atoms with Crippen LogP contribution in [-0.2, 0) is 16.0 Å². The molecule has 5 heteroatoms. The molecule has 2 heterocycles. The van der Waals surface area contributed by atoms with Gasteiger partial charge in [-0.25, -0.2) is 4.79 Å². The van der Waals surface area contributed by atoms with Crippen LogP contribution in [0, 0.1) is 0 Å². The van der Waals surface area contributed by atoms with E-state index in [9.17, 15) is 9.59 Å². The monoisotopic (exact) mass is 277 g/mol. The maximum absolute atomic E-state index is 12.3. The fourth-order valence-electron chi connectivity index (χ4n) is 2.46. The molecule has 2 aliphatic heterocycles. The van der Waals surface area contributed by atoms with Gasteiger partial charge in [-0.05, 0) is 11.6 Å². The summed E-state index contributed by atoms with van der Waals surface area (Å²) in [5, 5.41) is 0. The van der Waals surface area contributed by atoms with E-state index >= 15 is 0 Å². The molecule has 3 rings (SSSR count). The molecule has 0 aliphatic carbocycles. The van der Waals surface area contributed by atoms with Gasteiger partial charge < -0.3 is 9.64 Å². The molecule has 0 N–H and O–H groups in total. The van der Waals surface area contributed by atoms with E-state index in [2.05, 4.69) is 0 Å². The standard InChI is InChI=1S/C14H15NO3S/c16-13(15-5-7-19-8-6-15)12-9-10-3-1-2-4-11(10)14(17)18-12/h1-4,12H,5-9H2/t12-/m0/s1. The number of esters is 1. The largest absolute Gasteiger partial charge is 0.448 e. The van der Waals surface area contributed by atoms with E-state index in [1.165, 1.54) is 0 Å². The number of thioether (sulfide) groups is 1. The second-order valence-corrected chi connectivity index (χ2v) is 5.92. The van der Waals surface area contributed by atoms with Crippen LogP contribution < -0.4 is 0 Å². The van der Waals surface area contributed by atoms with Gasteiger partial charge in [0.25, 0.3) is 5.91 Å². The zero-order chi connectivity index (χ0) is 13.2. The summed E-state index contributed by atoms with van der Waals surface area (Å²) < 4.78 is 5.29. The van der Waals surface area contributed by atoms with Gasteiger partial charge in [0, 0.05) is 31.0 Å². The third-order valence-electron chi connectivity index (χ3n) is 3.49. The molecule has 1 amide bonds. The summed E-state index contributed by atoms with van der Waals surface area (Å²) in [6.45, 7) is 1.50. The van der Waals surface area contributed by atoms with Gasteiger partial charge in [-0.15, -0.1) is 0 Å². The maximum atomic E-state index is 12.3. The fourth-order valence-corrected chi connectivity index (χ4v) is 3.36. The van der Waals surface area contributed by atoms with Crippen molar-refractivity contribution in [3.8, 4) is 0 Å². The van der Waals surface area contributed by atoms with Crippen LogP contribution in [0.4, 0.5) is 0 Å². The summed E-state index contributed by atoms with van der Waals surface area (Å²) in [4.78, 5) is 26.0. The Balaban J connectivity index is 1.77. The van der Waals surface area contributed by atoms with Gasteiger partial charge in [0.2, 0.25) is 0 Å². The molecule has 1 aromatic carbocycles. The Morgan fingerprint density at radius 2 is 2.00 bits per heavy atom. The number of nitrogens with zero attached hydrogens (tertiary/aromatic N) is 1. The van der Waals surface area contributed by atoms with E-state index in [1.807, 2.05) is 34.9 Å². The highest BCUT2D eigenvalue weighted by atomic mass is 32.2. The van der Waals surface area contributed by atoms with Gasteiger partial charge in [0.15, 0.2) is 6.10 Å². The van der Waals surface area contributed by atoms with E-state index in [1.54, 1.807) is 6.07 Å². The average molecular weight is 277 g/mol. The van der Waals surface area contributed by atoms with Crippen molar-refractivity contribution >= 4 is 23.6 Å². The topological polar surface area (TPSA) is 46.6 Å². The molecule has 1 fully saturated rings. The van der Waals surface area contributed by atoms with Crippen LogP contribution >= 0.6 is 11.8 Å². The van der Waals surface area contributed by atoms with Crippen molar-refractivity contribution in [1.29, 1.82) is 0 Å². The molecule has 2 aliphatic rings. The van der Waals surface area contributed by atoms with Crippen LogP contribution in [0.1, 0.15) is 15.9 Å². The molecular weight excluding hydrogens is 262 g/mol. The summed E-state index contributed by atoms with van der Waals surface area (Å²) in [5.41, 5.74) is 1.49. The van der Waals surface area contributed by atoms with E-state index < -0.39 is 6.10 Å². The highest BCUT2D eigenvalue weighted by molar-refractivity contribution is 7.99. The van der Waals surface area contributed by atoms with E-state index in [0.717, 1.165) is 30.2 Å². The number of hydrogen-bond donors (Lipinski definition) is 0. The van der Waals surface area contributed by atoms with Crippen molar-refractivity contribution in [3.63, 3.8) is 0 Å². The second kappa shape index (κ2) is 5.25. The molecule has 0 aromatic heterocycles. The molecule has 1 aromatic rings. The first-order valence-corrected chi connectivity index (χ1v) is 7.56. The number of amides is 1. The van der Waals surface area contributed by atoms with E-state index in [0.29, 0.717) is 12.0 Å². The number of carbonyl (C=O) groups excluding carboxylic acids is 2.